The molecule has 0 fully saturated rings. The molecule has 1 unspecified atom stereocenters. The van der Waals surface area contributed by atoms with Crippen molar-refractivity contribution in [3.05, 3.63) is 89.0 Å². The van der Waals surface area contributed by atoms with Gasteiger partial charge in [-0.3, -0.25) is 10.2 Å². The number of para-hydroxylation sites is 1. The zero-order chi connectivity index (χ0) is 24.5. The Labute approximate surface area is 202 Å². The number of carbonyl (C=O) groups excluding carboxylic acids is 1. The molecule has 3 aromatic rings. The van der Waals surface area contributed by atoms with Gasteiger partial charge in [-0.05, 0) is 73.1 Å². The fourth-order valence-electron chi connectivity index (χ4n) is 4.66. The van der Waals surface area contributed by atoms with E-state index in [-0.39, 0.29) is 17.0 Å². The highest BCUT2D eigenvalue weighted by atomic mass is 16.4. The summed E-state index contributed by atoms with van der Waals surface area (Å²) in [6.07, 6.45) is 2.80. The number of hydrogen-bond donors (Lipinski definition) is 3. The molecular formula is C27H24N4O4. The Bertz CT molecular complexity index is 1400. The van der Waals surface area contributed by atoms with E-state index in [2.05, 4.69) is 39.9 Å². The number of aromatic carboxylic acids is 1. The van der Waals surface area contributed by atoms with Gasteiger partial charge in [0, 0.05) is 0 Å². The molecule has 0 radical (unpaired) electrons. The summed E-state index contributed by atoms with van der Waals surface area (Å²) >= 11 is 0. The molecular weight excluding hydrogens is 444 g/mol. The number of phenols is 1. The van der Waals surface area contributed by atoms with Crippen LogP contribution in [0.15, 0.2) is 76.9 Å². The van der Waals surface area contributed by atoms with Gasteiger partial charge in [0.1, 0.15) is 5.75 Å². The minimum absolute atomic E-state index is 0.0540. The second kappa shape index (κ2) is 9.06. The predicted octanol–water partition coefficient (Wildman–Crippen LogP) is 4.55. The van der Waals surface area contributed by atoms with E-state index in [4.69, 9.17) is 0 Å². The summed E-state index contributed by atoms with van der Waals surface area (Å²) in [6.45, 7) is 1.65. The molecule has 0 saturated heterocycles. The summed E-state index contributed by atoms with van der Waals surface area (Å²) in [4.78, 5) is 24.2. The molecule has 5 rings (SSSR count). The standard InChI is InChI=1S/C27H24N4O4/c1-16-24(26(33)31(30-16)21-9-4-8-20(15-21)27(34)35)29-28-23-11-5-7-19(25(23)32)14-18-13-12-17-6-2-3-10-22(17)18/h2-11,15,18,28,32H,12-14H2,1H3,(H,34,35)/b29-24-. The number of carboxylic acids is 1. The summed E-state index contributed by atoms with van der Waals surface area (Å²) in [5.41, 5.74) is 7.57. The smallest absolute Gasteiger partial charge is 0.335 e. The minimum Gasteiger partial charge on any atom is -0.505 e. The van der Waals surface area contributed by atoms with Crippen molar-refractivity contribution in [3.8, 4) is 5.75 Å². The molecule has 2 aliphatic rings. The molecule has 0 saturated carbocycles. The average molecular weight is 469 g/mol. The van der Waals surface area contributed by atoms with E-state index < -0.39 is 11.9 Å². The Hall–Kier alpha value is -4.46. The number of fused-ring (bicyclic) bond motifs is 1. The highest BCUT2D eigenvalue weighted by Crippen LogP contribution is 2.38. The lowest BCUT2D eigenvalue weighted by Gasteiger charge is -2.15. The molecule has 8 nitrogen and oxygen atoms in total. The Kier molecular flexibility index (Phi) is 5.78. The molecule has 1 heterocycles. The van der Waals surface area contributed by atoms with Crippen LogP contribution in [0.25, 0.3) is 0 Å². The zero-order valence-corrected chi connectivity index (χ0v) is 19.1. The number of carbonyl (C=O) groups is 2. The number of benzene rings is 3. The topological polar surface area (TPSA) is 115 Å². The van der Waals surface area contributed by atoms with E-state index >= 15 is 0 Å². The normalized spacial score (nSPS) is 18.0. The number of aryl methyl sites for hydroxylation is 1. The lowest BCUT2D eigenvalue weighted by molar-refractivity contribution is -0.112. The lowest BCUT2D eigenvalue weighted by Crippen LogP contribution is -2.28. The van der Waals surface area contributed by atoms with Gasteiger partial charge in [0.05, 0.1) is 22.6 Å². The van der Waals surface area contributed by atoms with Crippen molar-refractivity contribution in [2.24, 2.45) is 10.2 Å². The highest BCUT2D eigenvalue weighted by Gasteiger charge is 2.31. The number of phenolic OH excluding ortho intramolecular Hbond substituents is 1. The number of nitrogens with one attached hydrogen (secondary N) is 1. The van der Waals surface area contributed by atoms with Crippen LogP contribution < -0.4 is 10.4 Å². The van der Waals surface area contributed by atoms with E-state index in [0.29, 0.717) is 29.4 Å². The van der Waals surface area contributed by atoms with Crippen molar-refractivity contribution in [2.75, 3.05) is 10.4 Å². The SMILES string of the molecule is CC1=NN(c2cccc(C(=O)O)c2)C(=O)/C1=N\Nc1cccc(CC2CCc3ccccc32)c1O. The number of nitrogens with zero attached hydrogens (tertiary/aromatic N) is 3. The molecule has 0 spiro atoms. The Morgan fingerprint density at radius 3 is 2.77 bits per heavy atom. The number of hydrazone groups is 2. The Morgan fingerprint density at radius 1 is 1.14 bits per heavy atom. The summed E-state index contributed by atoms with van der Waals surface area (Å²) in [7, 11) is 0. The first-order valence-corrected chi connectivity index (χ1v) is 11.4. The molecule has 3 N–H and O–H groups in total. The van der Waals surface area contributed by atoms with Crippen LogP contribution in [-0.2, 0) is 17.6 Å². The molecule has 1 aliphatic carbocycles. The van der Waals surface area contributed by atoms with Gasteiger partial charge in [-0.25, -0.2) is 4.79 Å². The highest BCUT2D eigenvalue weighted by molar-refractivity contribution is 6.71. The number of anilines is 2. The predicted molar refractivity (Wildman–Crippen MR) is 134 cm³/mol. The number of hydrogen-bond acceptors (Lipinski definition) is 6. The van der Waals surface area contributed by atoms with Crippen LogP contribution in [0.1, 0.15) is 46.3 Å². The van der Waals surface area contributed by atoms with Crippen molar-refractivity contribution in [1.29, 1.82) is 0 Å². The summed E-state index contributed by atoms with van der Waals surface area (Å²) in [5, 5.41) is 29.7. The third-order valence-corrected chi connectivity index (χ3v) is 6.46. The van der Waals surface area contributed by atoms with Crippen molar-refractivity contribution in [1.82, 2.24) is 0 Å². The monoisotopic (exact) mass is 468 g/mol. The maximum atomic E-state index is 12.9. The van der Waals surface area contributed by atoms with Crippen LogP contribution in [0, 0.1) is 0 Å². The third kappa shape index (κ3) is 4.26. The van der Waals surface area contributed by atoms with Crippen LogP contribution in [0.3, 0.4) is 0 Å². The van der Waals surface area contributed by atoms with E-state index in [1.54, 1.807) is 25.1 Å². The second-order valence-electron chi connectivity index (χ2n) is 8.68. The number of amides is 1. The van der Waals surface area contributed by atoms with E-state index in [9.17, 15) is 19.8 Å². The van der Waals surface area contributed by atoms with Gasteiger partial charge < -0.3 is 10.2 Å². The van der Waals surface area contributed by atoms with Gasteiger partial charge in [0.25, 0.3) is 0 Å². The maximum absolute atomic E-state index is 12.9. The third-order valence-electron chi connectivity index (χ3n) is 6.46. The van der Waals surface area contributed by atoms with Crippen molar-refractivity contribution < 1.29 is 19.8 Å². The Balaban J connectivity index is 1.34. The largest absolute Gasteiger partial charge is 0.505 e. The van der Waals surface area contributed by atoms with Gasteiger partial charge >= 0.3 is 11.9 Å². The van der Waals surface area contributed by atoms with Crippen LogP contribution in [-0.4, -0.2) is 33.5 Å². The summed E-state index contributed by atoms with van der Waals surface area (Å²) < 4.78 is 0. The first-order valence-electron chi connectivity index (χ1n) is 11.4. The van der Waals surface area contributed by atoms with E-state index in [1.807, 2.05) is 12.1 Å². The molecule has 3 aromatic carbocycles. The minimum atomic E-state index is -1.09. The van der Waals surface area contributed by atoms with E-state index in [0.717, 1.165) is 23.4 Å². The molecule has 176 valence electrons. The van der Waals surface area contributed by atoms with Crippen molar-refractivity contribution >= 4 is 34.7 Å². The fraction of sp³-hybridized carbons (Fsp3) is 0.185. The zero-order valence-electron chi connectivity index (χ0n) is 19.1. The second-order valence-corrected chi connectivity index (χ2v) is 8.68. The van der Waals surface area contributed by atoms with Gasteiger partial charge in [-0.1, -0.05) is 42.5 Å². The van der Waals surface area contributed by atoms with Crippen LogP contribution in [0.4, 0.5) is 11.4 Å². The van der Waals surface area contributed by atoms with Crippen molar-refractivity contribution in [2.45, 2.75) is 32.1 Å². The van der Waals surface area contributed by atoms with Crippen LogP contribution in [0.5, 0.6) is 5.75 Å². The van der Waals surface area contributed by atoms with Crippen LogP contribution >= 0.6 is 0 Å². The Morgan fingerprint density at radius 2 is 1.94 bits per heavy atom. The molecule has 8 heteroatoms. The number of rotatable bonds is 6. The van der Waals surface area contributed by atoms with Gasteiger partial charge in [-0.15, -0.1) is 0 Å². The molecule has 1 atom stereocenters. The number of aromatic hydroxyl groups is 1. The summed E-state index contributed by atoms with van der Waals surface area (Å²) in [5.74, 6) is -1.13. The van der Waals surface area contributed by atoms with E-state index in [1.165, 1.54) is 23.3 Å². The molecule has 35 heavy (non-hydrogen) atoms. The molecule has 0 aromatic heterocycles. The summed E-state index contributed by atoms with van der Waals surface area (Å²) in [6, 6.07) is 19.9. The van der Waals surface area contributed by atoms with Crippen molar-refractivity contribution in [3.63, 3.8) is 0 Å². The first-order chi connectivity index (χ1) is 16.9. The first kappa shape index (κ1) is 22.3. The lowest BCUT2D eigenvalue weighted by atomic mass is 9.93. The molecule has 0 bridgehead atoms. The molecule has 1 amide bonds. The average Bonchev–Trinajstić information content (AvgIpc) is 3.40. The molecule has 1 aliphatic heterocycles. The van der Waals surface area contributed by atoms with Crippen LogP contribution in [0.2, 0.25) is 0 Å². The maximum Gasteiger partial charge on any atom is 0.335 e. The number of carboxylic acid groups (broad SMARTS) is 1. The fourth-order valence-corrected chi connectivity index (χ4v) is 4.66. The quantitative estimate of drug-likeness (QED) is 0.363. The van der Waals surface area contributed by atoms with Gasteiger partial charge in [-0.2, -0.15) is 15.2 Å². The van der Waals surface area contributed by atoms with Gasteiger partial charge in [0.2, 0.25) is 0 Å². The van der Waals surface area contributed by atoms with Gasteiger partial charge in [0.15, 0.2) is 5.71 Å².